The minimum Gasteiger partial charge on any atom is -0.377 e. The number of rotatable bonds is 7. The van der Waals surface area contributed by atoms with Gasteiger partial charge in [-0.2, -0.15) is 20.1 Å². The predicted octanol–water partition coefficient (Wildman–Crippen LogP) is 0.936. The summed E-state index contributed by atoms with van der Waals surface area (Å²) in [6.45, 7) is 5.22. The Kier molecular flexibility index (Phi) is 4.83. The Labute approximate surface area is 117 Å². The van der Waals surface area contributed by atoms with Crippen molar-refractivity contribution in [3.63, 3.8) is 0 Å². The van der Waals surface area contributed by atoms with Crippen LogP contribution in [-0.2, 0) is 4.74 Å². The van der Waals surface area contributed by atoms with Crippen molar-refractivity contribution < 1.29 is 4.74 Å². The summed E-state index contributed by atoms with van der Waals surface area (Å²) in [7, 11) is 1.76. The average Bonchev–Trinajstić information content (AvgIpc) is 2.97. The van der Waals surface area contributed by atoms with Gasteiger partial charge in [0.1, 0.15) is 0 Å². The van der Waals surface area contributed by atoms with Gasteiger partial charge in [0.25, 0.3) is 5.95 Å². The molecule has 0 aromatic carbocycles. The van der Waals surface area contributed by atoms with Gasteiger partial charge in [-0.05, 0) is 19.9 Å². The molecule has 2 rings (SSSR count). The van der Waals surface area contributed by atoms with Crippen LogP contribution in [0.25, 0.3) is 5.95 Å². The van der Waals surface area contributed by atoms with Gasteiger partial charge < -0.3 is 15.4 Å². The highest BCUT2D eigenvalue weighted by molar-refractivity contribution is 5.37. The molecule has 2 heterocycles. The number of nitrogens with zero attached hydrogens (tertiary/aromatic N) is 5. The summed E-state index contributed by atoms with van der Waals surface area (Å²) in [4.78, 5) is 12.8. The minimum absolute atomic E-state index is 0.211. The van der Waals surface area contributed by atoms with Gasteiger partial charge in [-0.15, -0.1) is 0 Å². The zero-order valence-corrected chi connectivity index (χ0v) is 11.9. The molecule has 0 aliphatic heterocycles. The van der Waals surface area contributed by atoms with E-state index in [9.17, 15) is 0 Å². The fraction of sp³-hybridized carbons (Fsp3) is 0.500. The third kappa shape index (κ3) is 3.89. The van der Waals surface area contributed by atoms with Gasteiger partial charge in [0.2, 0.25) is 11.9 Å². The second-order valence-electron chi connectivity index (χ2n) is 4.33. The van der Waals surface area contributed by atoms with E-state index in [1.807, 2.05) is 19.9 Å². The monoisotopic (exact) mass is 277 g/mol. The fourth-order valence-electron chi connectivity index (χ4n) is 1.50. The number of hydrogen-bond donors (Lipinski definition) is 2. The summed E-state index contributed by atoms with van der Waals surface area (Å²) in [5, 5.41) is 10.1. The van der Waals surface area contributed by atoms with E-state index in [-0.39, 0.29) is 6.10 Å². The molecule has 0 fully saturated rings. The van der Waals surface area contributed by atoms with Gasteiger partial charge in [0.15, 0.2) is 0 Å². The number of anilines is 2. The summed E-state index contributed by atoms with van der Waals surface area (Å²) in [5.41, 5.74) is 0. The number of hydrogen-bond acceptors (Lipinski definition) is 7. The van der Waals surface area contributed by atoms with E-state index in [2.05, 4.69) is 30.7 Å². The van der Waals surface area contributed by atoms with Crippen molar-refractivity contribution in [2.75, 3.05) is 30.8 Å². The first-order valence-corrected chi connectivity index (χ1v) is 6.48. The molecule has 0 bridgehead atoms. The topological polar surface area (TPSA) is 89.8 Å². The number of aromatic nitrogens is 5. The van der Waals surface area contributed by atoms with E-state index in [1.54, 1.807) is 24.1 Å². The van der Waals surface area contributed by atoms with Gasteiger partial charge in [-0.25, -0.2) is 4.68 Å². The van der Waals surface area contributed by atoms with Crippen LogP contribution in [0.1, 0.15) is 13.8 Å². The van der Waals surface area contributed by atoms with Gasteiger partial charge in [-0.3, -0.25) is 0 Å². The molecule has 0 amide bonds. The van der Waals surface area contributed by atoms with Gasteiger partial charge in [0, 0.05) is 26.0 Å². The molecule has 108 valence electrons. The Morgan fingerprint density at radius 2 is 2.05 bits per heavy atom. The lowest BCUT2D eigenvalue weighted by Crippen LogP contribution is -2.16. The van der Waals surface area contributed by atoms with Crippen molar-refractivity contribution in [2.45, 2.75) is 20.0 Å². The van der Waals surface area contributed by atoms with Crippen LogP contribution in [0.15, 0.2) is 18.5 Å². The summed E-state index contributed by atoms with van der Waals surface area (Å²) in [6.07, 6.45) is 3.66. The van der Waals surface area contributed by atoms with E-state index < -0.39 is 0 Å². The average molecular weight is 277 g/mol. The third-order valence-electron chi connectivity index (χ3n) is 2.39. The molecule has 0 saturated carbocycles. The molecule has 8 heteroatoms. The van der Waals surface area contributed by atoms with Crippen molar-refractivity contribution in [3.05, 3.63) is 18.5 Å². The molecular weight excluding hydrogens is 258 g/mol. The Hall–Kier alpha value is -2.22. The highest BCUT2D eigenvalue weighted by atomic mass is 16.5. The molecule has 2 N–H and O–H groups in total. The number of nitrogens with one attached hydrogen (secondary N) is 2. The Balaban J connectivity index is 2.06. The van der Waals surface area contributed by atoms with E-state index in [4.69, 9.17) is 4.74 Å². The van der Waals surface area contributed by atoms with Crippen molar-refractivity contribution in [3.8, 4) is 5.95 Å². The molecule has 0 spiro atoms. The zero-order valence-electron chi connectivity index (χ0n) is 11.9. The standard InChI is InChI=1S/C12H19N7O/c1-9(2)20-8-6-14-11-16-10(13-3)17-12(18-11)19-7-4-5-15-19/h4-5,7,9H,6,8H2,1-3H3,(H2,13,14,16,17,18). The van der Waals surface area contributed by atoms with E-state index in [1.165, 1.54) is 0 Å². The maximum atomic E-state index is 5.46. The molecular formula is C12H19N7O. The summed E-state index contributed by atoms with van der Waals surface area (Å²) < 4.78 is 7.04. The molecule has 2 aromatic rings. The van der Waals surface area contributed by atoms with Crippen LogP contribution >= 0.6 is 0 Å². The minimum atomic E-state index is 0.211. The Morgan fingerprint density at radius 1 is 1.25 bits per heavy atom. The molecule has 0 saturated heterocycles. The Bertz CT molecular complexity index is 527. The molecule has 8 nitrogen and oxygen atoms in total. The summed E-state index contributed by atoms with van der Waals surface area (Å²) >= 11 is 0. The Morgan fingerprint density at radius 3 is 2.70 bits per heavy atom. The van der Waals surface area contributed by atoms with Crippen LogP contribution in [0.4, 0.5) is 11.9 Å². The van der Waals surface area contributed by atoms with Crippen molar-refractivity contribution in [1.82, 2.24) is 24.7 Å². The normalized spacial score (nSPS) is 10.8. The first kappa shape index (κ1) is 14.2. The maximum absolute atomic E-state index is 5.46. The van der Waals surface area contributed by atoms with Crippen LogP contribution in [0.3, 0.4) is 0 Å². The molecule has 20 heavy (non-hydrogen) atoms. The molecule has 0 atom stereocenters. The van der Waals surface area contributed by atoms with Crippen LogP contribution in [0.2, 0.25) is 0 Å². The molecule has 2 aromatic heterocycles. The summed E-state index contributed by atoms with van der Waals surface area (Å²) in [6, 6.07) is 1.81. The first-order valence-electron chi connectivity index (χ1n) is 6.48. The quantitative estimate of drug-likeness (QED) is 0.728. The smallest absolute Gasteiger partial charge is 0.257 e. The van der Waals surface area contributed by atoms with Crippen LogP contribution in [0, 0.1) is 0 Å². The molecule has 0 unspecified atom stereocenters. The zero-order chi connectivity index (χ0) is 14.4. The fourth-order valence-corrected chi connectivity index (χ4v) is 1.50. The lowest BCUT2D eigenvalue weighted by atomic mass is 10.5. The first-order chi connectivity index (χ1) is 9.69. The van der Waals surface area contributed by atoms with Crippen LogP contribution in [-0.4, -0.2) is 51.0 Å². The van der Waals surface area contributed by atoms with Gasteiger partial charge >= 0.3 is 0 Å². The van der Waals surface area contributed by atoms with E-state index >= 15 is 0 Å². The van der Waals surface area contributed by atoms with E-state index in [0.717, 1.165) is 0 Å². The molecule has 0 aliphatic rings. The van der Waals surface area contributed by atoms with E-state index in [0.29, 0.717) is 31.0 Å². The third-order valence-corrected chi connectivity index (χ3v) is 2.39. The highest BCUT2D eigenvalue weighted by Gasteiger charge is 2.07. The van der Waals surface area contributed by atoms with Crippen LogP contribution < -0.4 is 10.6 Å². The highest BCUT2D eigenvalue weighted by Crippen LogP contribution is 2.07. The second-order valence-corrected chi connectivity index (χ2v) is 4.33. The lowest BCUT2D eigenvalue weighted by Gasteiger charge is -2.10. The molecule has 0 radical (unpaired) electrons. The van der Waals surface area contributed by atoms with Crippen molar-refractivity contribution in [2.24, 2.45) is 0 Å². The predicted molar refractivity (Wildman–Crippen MR) is 76.1 cm³/mol. The second kappa shape index (κ2) is 6.80. The maximum Gasteiger partial charge on any atom is 0.257 e. The SMILES string of the molecule is CNc1nc(NCCOC(C)C)nc(-n2cccn2)n1. The van der Waals surface area contributed by atoms with Gasteiger partial charge in [0.05, 0.1) is 12.7 Å². The van der Waals surface area contributed by atoms with Crippen molar-refractivity contribution >= 4 is 11.9 Å². The van der Waals surface area contributed by atoms with Crippen molar-refractivity contribution in [1.29, 1.82) is 0 Å². The largest absolute Gasteiger partial charge is 0.377 e. The van der Waals surface area contributed by atoms with Gasteiger partial charge in [-0.1, -0.05) is 0 Å². The molecule has 0 aliphatic carbocycles. The summed E-state index contributed by atoms with van der Waals surface area (Å²) in [5.74, 6) is 1.43. The van der Waals surface area contributed by atoms with Crippen LogP contribution in [0.5, 0.6) is 0 Å². The number of ether oxygens (including phenoxy) is 1. The lowest BCUT2D eigenvalue weighted by molar-refractivity contribution is 0.0870.